The first-order chi connectivity index (χ1) is 11.4. The molecule has 0 atom stereocenters. The molecule has 8 nitrogen and oxygen atoms in total. The van der Waals surface area contributed by atoms with Gasteiger partial charge in [-0.05, 0) is 34.4 Å². The summed E-state index contributed by atoms with van der Waals surface area (Å²) in [4.78, 5) is 20.3. The summed E-state index contributed by atoms with van der Waals surface area (Å²) < 4.78 is 38.3. The lowest BCUT2D eigenvalue weighted by Crippen LogP contribution is -2.04. The number of alkyl halides is 3. The molecule has 0 unspecified atom stereocenters. The van der Waals surface area contributed by atoms with Gasteiger partial charge in [0.15, 0.2) is 0 Å². The summed E-state index contributed by atoms with van der Waals surface area (Å²) in [6, 6.07) is 5.49. The maximum absolute atomic E-state index is 12.8. The number of hydrogen-bond donors (Lipinski definition) is 0. The minimum absolute atomic E-state index is 0.0565. The monoisotopic (exact) mass is 333 g/mol. The van der Waals surface area contributed by atoms with Crippen LogP contribution in [-0.2, 0) is 6.18 Å². The molecule has 0 aliphatic rings. The highest BCUT2D eigenvalue weighted by atomic mass is 19.4. The van der Waals surface area contributed by atoms with Crippen LogP contribution in [0.25, 0.3) is 32.1 Å². The molecule has 0 aliphatic carbocycles. The number of pyridine rings is 1. The van der Waals surface area contributed by atoms with Crippen LogP contribution in [-0.4, -0.2) is 10.9 Å². The molecule has 0 spiro atoms. The number of azide groups is 2. The molecule has 11 heteroatoms. The predicted molar refractivity (Wildman–Crippen MR) is 77.0 cm³/mol. The highest BCUT2D eigenvalue weighted by Gasteiger charge is 2.30. The SMILES string of the molecule is [N-]=[N+]=NC(=O)c1cnc(-c2cccc(C(F)(F)F)c2)cc1N=[N+]=[N-]. The third-order valence-electron chi connectivity index (χ3n) is 2.89. The highest BCUT2D eigenvalue weighted by Crippen LogP contribution is 2.33. The van der Waals surface area contributed by atoms with Crippen LogP contribution in [0.5, 0.6) is 0 Å². The lowest BCUT2D eigenvalue weighted by Gasteiger charge is -2.09. The topological polar surface area (TPSA) is 127 Å². The van der Waals surface area contributed by atoms with E-state index in [2.05, 4.69) is 25.0 Å². The van der Waals surface area contributed by atoms with Crippen LogP contribution in [0.4, 0.5) is 18.9 Å². The predicted octanol–water partition coefficient (Wildman–Crippen LogP) is 5.16. The number of halogens is 3. The number of carbonyl (C=O) groups excluding carboxylic acids is 1. The zero-order chi connectivity index (χ0) is 17.7. The van der Waals surface area contributed by atoms with Gasteiger partial charge in [-0.1, -0.05) is 17.2 Å². The van der Waals surface area contributed by atoms with Crippen LogP contribution in [0.15, 0.2) is 46.8 Å². The average molecular weight is 333 g/mol. The Morgan fingerprint density at radius 2 is 1.92 bits per heavy atom. The molecule has 2 aromatic rings. The van der Waals surface area contributed by atoms with Gasteiger partial charge in [-0.15, -0.1) is 0 Å². The van der Waals surface area contributed by atoms with Crippen molar-refractivity contribution in [1.29, 1.82) is 0 Å². The van der Waals surface area contributed by atoms with Crippen molar-refractivity contribution in [3.63, 3.8) is 0 Å². The number of hydrogen-bond acceptors (Lipinski definition) is 3. The fraction of sp³-hybridized carbons (Fsp3) is 0.0769. The molecule has 120 valence electrons. The van der Waals surface area contributed by atoms with Crippen molar-refractivity contribution in [2.75, 3.05) is 0 Å². The maximum atomic E-state index is 12.8. The molecular formula is C13H6F3N7O. The zero-order valence-electron chi connectivity index (χ0n) is 11.6. The Balaban J connectivity index is 2.57. The molecule has 2 rings (SSSR count). The van der Waals surface area contributed by atoms with Crippen molar-refractivity contribution in [3.05, 3.63) is 68.5 Å². The number of aromatic nitrogens is 1. The third-order valence-corrected chi connectivity index (χ3v) is 2.89. The van der Waals surface area contributed by atoms with Crippen LogP contribution in [0, 0.1) is 0 Å². The lowest BCUT2D eigenvalue weighted by atomic mass is 10.1. The van der Waals surface area contributed by atoms with Crippen molar-refractivity contribution in [2.45, 2.75) is 6.18 Å². The molecule has 1 amide bonds. The first kappa shape index (κ1) is 16.8. The lowest BCUT2D eigenvalue weighted by molar-refractivity contribution is -0.137. The van der Waals surface area contributed by atoms with E-state index in [1.54, 1.807) is 0 Å². The second-order valence-electron chi connectivity index (χ2n) is 4.35. The number of benzene rings is 1. The van der Waals surface area contributed by atoms with Crippen LogP contribution >= 0.6 is 0 Å². The fourth-order valence-corrected chi connectivity index (χ4v) is 1.85. The smallest absolute Gasteiger partial charge is 0.287 e. The molecule has 24 heavy (non-hydrogen) atoms. The van der Waals surface area contributed by atoms with E-state index in [1.165, 1.54) is 12.1 Å². The standard InChI is InChI=1S/C13H6F3N7O/c14-13(15,16)8-3-1-2-7(4-8)10-5-11(20-22-17)9(6-19-10)12(24)21-23-18/h1-6H. The average Bonchev–Trinajstić information content (AvgIpc) is 2.54. The Morgan fingerprint density at radius 1 is 1.17 bits per heavy atom. The molecule has 1 aromatic heterocycles. The molecule has 1 aromatic carbocycles. The van der Waals surface area contributed by atoms with Gasteiger partial charge in [-0.3, -0.25) is 9.78 Å². The van der Waals surface area contributed by atoms with E-state index >= 15 is 0 Å². The van der Waals surface area contributed by atoms with Crippen molar-refractivity contribution >= 4 is 11.6 Å². The van der Waals surface area contributed by atoms with Crippen molar-refractivity contribution in [3.8, 4) is 11.3 Å². The van der Waals surface area contributed by atoms with Crippen molar-refractivity contribution in [2.24, 2.45) is 10.2 Å². The first-order valence-electron chi connectivity index (χ1n) is 6.19. The number of amides is 1. The van der Waals surface area contributed by atoms with Gasteiger partial charge in [0.2, 0.25) is 0 Å². The molecular weight excluding hydrogens is 327 g/mol. The summed E-state index contributed by atoms with van der Waals surface area (Å²) in [5.74, 6) is -1.03. The van der Waals surface area contributed by atoms with Gasteiger partial charge in [0.25, 0.3) is 5.91 Å². The van der Waals surface area contributed by atoms with Gasteiger partial charge in [0.1, 0.15) is 0 Å². The van der Waals surface area contributed by atoms with Crippen molar-refractivity contribution < 1.29 is 18.0 Å². The Bertz CT molecular complexity index is 897. The van der Waals surface area contributed by atoms with Gasteiger partial charge in [-0.2, -0.15) is 13.2 Å². The van der Waals surface area contributed by atoms with Crippen LogP contribution in [0.1, 0.15) is 15.9 Å². The van der Waals surface area contributed by atoms with E-state index in [4.69, 9.17) is 11.1 Å². The van der Waals surface area contributed by atoms with Gasteiger partial charge in [0.05, 0.1) is 22.5 Å². The van der Waals surface area contributed by atoms with Gasteiger partial charge in [-0.25, -0.2) is 0 Å². The summed E-state index contributed by atoms with van der Waals surface area (Å²) in [5, 5.41) is 6.14. The molecule has 0 bridgehead atoms. The molecule has 0 N–H and O–H groups in total. The Kier molecular flexibility index (Phi) is 4.69. The Morgan fingerprint density at radius 3 is 2.54 bits per heavy atom. The maximum Gasteiger partial charge on any atom is 0.416 e. The second-order valence-corrected chi connectivity index (χ2v) is 4.35. The summed E-state index contributed by atoms with van der Waals surface area (Å²) in [5.41, 5.74) is 15.6. The van der Waals surface area contributed by atoms with Gasteiger partial charge < -0.3 is 0 Å². The molecule has 0 radical (unpaired) electrons. The summed E-state index contributed by atoms with van der Waals surface area (Å²) in [6.45, 7) is 0. The van der Waals surface area contributed by atoms with E-state index in [0.717, 1.165) is 24.4 Å². The fourth-order valence-electron chi connectivity index (χ4n) is 1.85. The largest absolute Gasteiger partial charge is 0.416 e. The second kappa shape index (κ2) is 6.69. The molecule has 0 aliphatic heterocycles. The summed E-state index contributed by atoms with van der Waals surface area (Å²) in [6.07, 6.45) is -3.56. The Hall–Kier alpha value is -3.55. The zero-order valence-corrected chi connectivity index (χ0v) is 11.6. The number of nitrogens with zero attached hydrogens (tertiary/aromatic N) is 7. The van der Waals surface area contributed by atoms with E-state index in [0.29, 0.717) is 0 Å². The van der Waals surface area contributed by atoms with Gasteiger partial charge in [0, 0.05) is 21.6 Å². The Labute approximate surface area is 131 Å². The third kappa shape index (κ3) is 3.61. The van der Waals surface area contributed by atoms with E-state index in [-0.39, 0.29) is 22.5 Å². The normalized spacial score (nSPS) is 10.5. The molecule has 1 heterocycles. The van der Waals surface area contributed by atoms with E-state index < -0.39 is 17.6 Å². The molecule has 0 saturated heterocycles. The first-order valence-corrected chi connectivity index (χ1v) is 6.19. The molecule has 0 saturated carbocycles. The van der Waals surface area contributed by atoms with Crippen LogP contribution in [0.3, 0.4) is 0 Å². The number of rotatable bonds is 3. The number of carbonyl (C=O) groups is 1. The quantitative estimate of drug-likeness (QED) is 0.436. The van der Waals surface area contributed by atoms with Crippen LogP contribution < -0.4 is 0 Å². The summed E-state index contributed by atoms with van der Waals surface area (Å²) in [7, 11) is 0. The van der Waals surface area contributed by atoms with E-state index in [9.17, 15) is 18.0 Å². The summed E-state index contributed by atoms with van der Waals surface area (Å²) >= 11 is 0. The molecule has 0 fully saturated rings. The highest BCUT2D eigenvalue weighted by molar-refractivity contribution is 5.99. The van der Waals surface area contributed by atoms with Gasteiger partial charge >= 0.3 is 6.18 Å². The van der Waals surface area contributed by atoms with Crippen molar-refractivity contribution in [1.82, 2.24) is 4.98 Å². The minimum atomic E-state index is -4.53. The van der Waals surface area contributed by atoms with E-state index in [1.807, 2.05) is 0 Å². The van der Waals surface area contributed by atoms with Crippen LogP contribution in [0.2, 0.25) is 0 Å². The minimum Gasteiger partial charge on any atom is -0.287 e.